The molecule has 0 aliphatic heterocycles. The Labute approximate surface area is 85.5 Å². The van der Waals surface area contributed by atoms with Crippen molar-refractivity contribution in [1.29, 1.82) is 0 Å². The van der Waals surface area contributed by atoms with Crippen molar-refractivity contribution in [2.24, 2.45) is 0 Å². The van der Waals surface area contributed by atoms with Crippen LogP contribution in [0.15, 0.2) is 10.5 Å². The fourth-order valence-corrected chi connectivity index (χ4v) is 1.29. The summed E-state index contributed by atoms with van der Waals surface area (Å²) >= 11 is 2.58. The topological polar surface area (TPSA) is 40.1 Å². The van der Waals surface area contributed by atoms with Crippen LogP contribution in [-0.4, -0.2) is 5.97 Å². The Morgan fingerprint density at radius 3 is 2.43 bits per heavy atom. The van der Waals surface area contributed by atoms with Crippen LogP contribution in [-0.2, 0) is 11.2 Å². The molecule has 0 N–H and O–H groups in total. The molecule has 2 nitrogen and oxygen atoms in total. The molecule has 0 aromatic heterocycles. The number of aliphatic carboxylic acids is 1. The molecule has 0 heterocycles. The van der Waals surface area contributed by atoms with E-state index in [0.717, 1.165) is 0 Å². The predicted octanol–water partition coefficient (Wildman–Crippen LogP) is 1.16. The van der Waals surface area contributed by atoms with E-state index in [1.54, 1.807) is 0 Å². The normalized spacial score (nSPS) is 10.3. The summed E-state index contributed by atoms with van der Waals surface area (Å²) in [7, 11) is 0. The molecular formula is C8H3BrF3O2-. The van der Waals surface area contributed by atoms with Gasteiger partial charge in [0, 0.05) is 18.0 Å². The molecule has 14 heavy (non-hydrogen) atoms. The van der Waals surface area contributed by atoms with Crippen LogP contribution in [0, 0.1) is 17.5 Å². The lowest BCUT2D eigenvalue weighted by molar-refractivity contribution is -0.304. The van der Waals surface area contributed by atoms with Gasteiger partial charge < -0.3 is 9.90 Å². The number of hydrogen-bond donors (Lipinski definition) is 0. The van der Waals surface area contributed by atoms with Gasteiger partial charge in [0.2, 0.25) is 0 Å². The summed E-state index contributed by atoms with van der Waals surface area (Å²) in [6, 6.07) is 0.663. The standard InChI is InChI=1S/C8H4BrF3O2/c9-4-2-5(10)3(1-6(13)14)7(11)8(4)12/h2H,1H2,(H,13,14)/p-1. The predicted molar refractivity (Wildman–Crippen MR) is 42.7 cm³/mol. The van der Waals surface area contributed by atoms with Crippen molar-refractivity contribution >= 4 is 21.9 Å². The van der Waals surface area contributed by atoms with Gasteiger partial charge in [-0.2, -0.15) is 0 Å². The maximum absolute atomic E-state index is 12.9. The Bertz CT molecular complexity index is 393. The van der Waals surface area contributed by atoms with Crippen LogP contribution in [0.25, 0.3) is 0 Å². The number of hydrogen-bond acceptors (Lipinski definition) is 2. The lowest BCUT2D eigenvalue weighted by atomic mass is 10.1. The number of carbonyl (C=O) groups is 1. The van der Waals surface area contributed by atoms with E-state index in [0.29, 0.717) is 6.07 Å². The van der Waals surface area contributed by atoms with E-state index in [4.69, 9.17) is 0 Å². The van der Waals surface area contributed by atoms with Crippen molar-refractivity contribution in [2.45, 2.75) is 6.42 Å². The van der Waals surface area contributed by atoms with Gasteiger partial charge in [-0.3, -0.25) is 0 Å². The molecule has 0 aliphatic carbocycles. The average molecular weight is 268 g/mol. The van der Waals surface area contributed by atoms with E-state index in [2.05, 4.69) is 15.9 Å². The second-order valence-corrected chi connectivity index (χ2v) is 3.35. The molecule has 0 radical (unpaired) electrons. The first-order valence-electron chi connectivity index (χ1n) is 3.45. The van der Waals surface area contributed by atoms with Crippen molar-refractivity contribution in [3.8, 4) is 0 Å². The molecular weight excluding hydrogens is 265 g/mol. The largest absolute Gasteiger partial charge is 0.550 e. The number of benzene rings is 1. The SMILES string of the molecule is O=C([O-])Cc1c(F)cc(Br)c(F)c1F. The Hall–Kier alpha value is -1.04. The molecule has 76 valence electrons. The monoisotopic (exact) mass is 267 g/mol. The molecule has 0 unspecified atom stereocenters. The molecule has 0 bridgehead atoms. The second kappa shape index (κ2) is 4.00. The van der Waals surface area contributed by atoms with E-state index < -0.39 is 39.9 Å². The van der Waals surface area contributed by atoms with Gasteiger partial charge in [-0.1, -0.05) is 0 Å². The molecule has 0 saturated carbocycles. The first-order chi connectivity index (χ1) is 6.43. The molecule has 1 rings (SSSR count). The van der Waals surface area contributed by atoms with Gasteiger partial charge in [-0.05, 0) is 22.0 Å². The highest BCUT2D eigenvalue weighted by atomic mass is 79.9. The number of carboxylic acid groups (broad SMARTS) is 1. The number of rotatable bonds is 2. The van der Waals surface area contributed by atoms with Crippen molar-refractivity contribution in [3.63, 3.8) is 0 Å². The molecule has 0 fully saturated rings. The minimum absolute atomic E-state index is 0.394. The zero-order valence-corrected chi connectivity index (χ0v) is 8.20. The van der Waals surface area contributed by atoms with Crippen molar-refractivity contribution in [3.05, 3.63) is 33.6 Å². The average Bonchev–Trinajstić information content (AvgIpc) is 2.09. The zero-order chi connectivity index (χ0) is 10.9. The molecule has 0 aliphatic rings. The summed E-state index contributed by atoms with van der Waals surface area (Å²) in [6.45, 7) is 0. The Kier molecular flexibility index (Phi) is 3.15. The van der Waals surface area contributed by atoms with E-state index in [1.807, 2.05) is 0 Å². The molecule has 0 amide bonds. The summed E-state index contributed by atoms with van der Waals surface area (Å²) in [4.78, 5) is 10.1. The fourth-order valence-electron chi connectivity index (χ4n) is 0.910. The Morgan fingerprint density at radius 1 is 1.36 bits per heavy atom. The molecule has 0 atom stereocenters. The van der Waals surface area contributed by atoms with Gasteiger partial charge in [0.05, 0.1) is 4.47 Å². The van der Waals surface area contributed by atoms with Crippen LogP contribution in [0.1, 0.15) is 5.56 Å². The second-order valence-electron chi connectivity index (χ2n) is 2.50. The van der Waals surface area contributed by atoms with Crippen molar-refractivity contribution in [2.75, 3.05) is 0 Å². The minimum atomic E-state index is -1.68. The summed E-state index contributed by atoms with van der Waals surface area (Å²) in [5.41, 5.74) is -0.842. The summed E-state index contributed by atoms with van der Waals surface area (Å²) in [5.74, 6) is -5.63. The van der Waals surface area contributed by atoms with Gasteiger partial charge >= 0.3 is 0 Å². The van der Waals surface area contributed by atoms with Gasteiger partial charge in [0.15, 0.2) is 11.6 Å². The van der Waals surface area contributed by atoms with Gasteiger partial charge in [-0.25, -0.2) is 13.2 Å². The highest BCUT2D eigenvalue weighted by molar-refractivity contribution is 9.10. The van der Waals surface area contributed by atoms with E-state index in [-0.39, 0.29) is 0 Å². The van der Waals surface area contributed by atoms with Crippen LogP contribution in [0.5, 0.6) is 0 Å². The molecule has 1 aromatic carbocycles. The van der Waals surface area contributed by atoms with Gasteiger partial charge in [0.1, 0.15) is 5.82 Å². The third-order valence-electron chi connectivity index (χ3n) is 1.53. The molecule has 6 heteroatoms. The van der Waals surface area contributed by atoms with Crippen LogP contribution in [0.4, 0.5) is 13.2 Å². The Morgan fingerprint density at radius 2 is 1.93 bits per heavy atom. The Balaban J connectivity index is 3.29. The van der Waals surface area contributed by atoms with Crippen LogP contribution < -0.4 is 5.11 Å². The van der Waals surface area contributed by atoms with Crippen LogP contribution in [0.2, 0.25) is 0 Å². The van der Waals surface area contributed by atoms with Crippen molar-refractivity contribution < 1.29 is 23.1 Å². The van der Waals surface area contributed by atoms with Crippen molar-refractivity contribution in [1.82, 2.24) is 0 Å². The first kappa shape index (κ1) is 11.0. The van der Waals surface area contributed by atoms with E-state index in [9.17, 15) is 23.1 Å². The van der Waals surface area contributed by atoms with E-state index >= 15 is 0 Å². The maximum atomic E-state index is 12.9. The van der Waals surface area contributed by atoms with Crippen LogP contribution >= 0.6 is 15.9 Å². The third kappa shape index (κ3) is 2.06. The number of carboxylic acids is 1. The highest BCUT2D eigenvalue weighted by Crippen LogP contribution is 2.24. The minimum Gasteiger partial charge on any atom is -0.550 e. The summed E-state index contributed by atoms with van der Waals surface area (Å²) in [5, 5.41) is 10.1. The summed E-state index contributed by atoms with van der Waals surface area (Å²) < 4.78 is 38.3. The van der Waals surface area contributed by atoms with Gasteiger partial charge in [0.25, 0.3) is 0 Å². The van der Waals surface area contributed by atoms with Gasteiger partial charge in [-0.15, -0.1) is 0 Å². The summed E-state index contributed by atoms with van der Waals surface area (Å²) in [6.07, 6.45) is -0.998. The number of halogens is 4. The third-order valence-corrected chi connectivity index (χ3v) is 2.11. The van der Waals surface area contributed by atoms with Crippen LogP contribution in [0.3, 0.4) is 0 Å². The number of carbonyl (C=O) groups excluding carboxylic acids is 1. The zero-order valence-electron chi connectivity index (χ0n) is 6.61. The maximum Gasteiger partial charge on any atom is 0.173 e. The smallest absolute Gasteiger partial charge is 0.173 e. The highest BCUT2D eigenvalue weighted by Gasteiger charge is 2.17. The van der Waals surface area contributed by atoms with E-state index in [1.165, 1.54) is 0 Å². The lowest BCUT2D eigenvalue weighted by Gasteiger charge is -2.07. The first-order valence-corrected chi connectivity index (χ1v) is 4.24. The fraction of sp³-hybridized carbons (Fsp3) is 0.125. The molecule has 1 aromatic rings. The lowest BCUT2D eigenvalue weighted by Crippen LogP contribution is -2.25. The molecule has 0 saturated heterocycles. The quantitative estimate of drug-likeness (QED) is 0.596. The molecule has 0 spiro atoms.